The zero-order valence-corrected chi connectivity index (χ0v) is 15.6. The van der Waals surface area contributed by atoms with E-state index in [9.17, 15) is 14.4 Å². The first-order valence-electron chi connectivity index (χ1n) is 9.19. The van der Waals surface area contributed by atoms with Crippen molar-refractivity contribution in [1.82, 2.24) is 14.0 Å². The number of hydrogen-bond donors (Lipinski definition) is 0. The van der Waals surface area contributed by atoms with Gasteiger partial charge in [-0.3, -0.25) is 14.4 Å². The standard InChI is InChI=1S/C20H23N3O4/c1-13-6-17(24)18(27-2)11-21(13)12-20(26)22-8-14-7-15(10-22)16-4-3-5-19(25)23(16)9-14/h3-6,11,14-15H,7-10,12H2,1-2H3. The Labute approximate surface area is 156 Å². The Morgan fingerprint density at radius 2 is 2.04 bits per heavy atom. The quantitative estimate of drug-likeness (QED) is 0.808. The molecule has 2 atom stereocenters. The number of carbonyl (C=O) groups is 1. The van der Waals surface area contributed by atoms with Crippen LogP contribution in [0.3, 0.4) is 0 Å². The molecule has 0 spiro atoms. The molecule has 27 heavy (non-hydrogen) atoms. The second-order valence-electron chi connectivity index (χ2n) is 7.47. The third-order valence-electron chi connectivity index (χ3n) is 5.67. The number of piperidine rings is 1. The first kappa shape index (κ1) is 17.6. The number of hydrogen-bond acceptors (Lipinski definition) is 4. The van der Waals surface area contributed by atoms with Crippen LogP contribution in [-0.2, 0) is 17.9 Å². The van der Waals surface area contributed by atoms with Crippen LogP contribution >= 0.6 is 0 Å². The molecule has 2 aromatic heterocycles. The SMILES string of the molecule is COc1cn(CC(=O)N2CC3CC(C2)c2cccc(=O)n2C3)c(C)cc1=O. The number of methoxy groups -OCH3 is 1. The molecular weight excluding hydrogens is 346 g/mol. The molecule has 2 aromatic rings. The van der Waals surface area contributed by atoms with Gasteiger partial charge in [-0.1, -0.05) is 6.07 Å². The van der Waals surface area contributed by atoms with E-state index in [0.717, 1.165) is 17.8 Å². The van der Waals surface area contributed by atoms with E-state index < -0.39 is 0 Å². The van der Waals surface area contributed by atoms with Crippen LogP contribution in [0, 0.1) is 12.8 Å². The minimum absolute atomic E-state index is 0.0187. The van der Waals surface area contributed by atoms with E-state index in [1.165, 1.54) is 13.2 Å². The highest BCUT2D eigenvalue weighted by atomic mass is 16.5. The largest absolute Gasteiger partial charge is 0.491 e. The van der Waals surface area contributed by atoms with Crippen LogP contribution in [-0.4, -0.2) is 40.1 Å². The number of fused-ring (bicyclic) bond motifs is 4. The minimum atomic E-state index is -0.187. The second kappa shape index (κ2) is 6.72. The van der Waals surface area contributed by atoms with Crippen LogP contribution in [0.2, 0.25) is 0 Å². The maximum Gasteiger partial charge on any atom is 0.250 e. The minimum Gasteiger partial charge on any atom is -0.491 e. The van der Waals surface area contributed by atoms with Gasteiger partial charge in [0.05, 0.1) is 13.3 Å². The maximum atomic E-state index is 12.9. The summed E-state index contributed by atoms with van der Waals surface area (Å²) in [6.45, 7) is 3.92. The third-order valence-corrected chi connectivity index (χ3v) is 5.67. The van der Waals surface area contributed by atoms with Gasteiger partial charge in [-0.05, 0) is 25.3 Å². The zero-order chi connectivity index (χ0) is 19.1. The summed E-state index contributed by atoms with van der Waals surface area (Å²) in [6.07, 6.45) is 2.60. The van der Waals surface area contributed by atoms with Gasteiger partial charge in [0.2, 0.25) is 11.3 Å². The van der Waals surface area contributed by atoms with E-state index in [0.29, 0.717) is 25.6 Å². The molecule has 0 saturated carbocycles. The predicted octanol–water partition coefficient (Wildman–Crippen LogP) is 0.973. The third kappa shape index (κ3) is 3.18. The molecule has 4 heterocycles. The normalized spacial score (nSPS) is 20.9. The summed E-state index contributed by atoms with van der Waals surface area (Å²) in [7, 11) is 1.45. The summed E-state index contributed by atoms with van der Waals surface area (Å²) < 4.78 is 8.70. The van der Waals surface area contributed by atoms with Crippen molar-refractivity contribution in [3.63, 3.8) is 0 Å². The fraction of sp³-hybridized carbons (Fsp3) is 0.450. The Hall–Kier alpha value is -2.83. The second-order valence-corrected chi connectivity index (χ2v) is 7.47. The highest BCUT2D eigenvalue weighted by molar-refractivity contribution is 5.76. The van der Waals surface area contributed by atoms with Crippen molar-refractivity contribution in [2.24, 2.45) is 5.92 Å². The summed E-state index contributed by atoms with van der Waals surface area (Å²) in [4.78, 5) is 38.8. The first-order chi connectivity index (χ1) is 13.0. The summed E-state index contributed by atoms with van der Waals surface area (Å²) >= 11 is 0. The number of ether oxygens (including phenoxy) is 1. The lowest BCUT2D eigenvalue weighted by Crippen LogP contribution is -2.49. The van der Waals surface area contributed by atoms with Gasteiger partial charge in [-0.25, -0.2) is 0 Å². The molecule has 2 aliphatic heterocycles. The molecule has 0 aliphatic carbocycles. The summed E-state index contributed by atoms with van der Waals surface area (Å²) in [5.41, 5.74) is 1.60. The van der Waals surface area contributed by atoms with Gasteiger partial charge in [0, 0.05) is 49.1 Å². The number of pyridine rings is 2. The fourth-order valence-corrected chi connectivity index (χ4v) is 4.32. The molecule has 0 N–H and O–H groups in total. The molecule has 7 heteroatoms. The number of aromatic nitrogens is 2. The molecule has 1 saturated heterocycles. The van der Waals surface area contributed by atoms with Gasteiger partial charge >= 0.3 is 0 Å². The molecule has 2 bridgehead atoms. The monoisotopic (exact) mass is 369 g/mol. The van der Waals surface area contributed by atoms with Crippen molar-refractivity contribution in [2.45, 2.75) is 32.4 Å². The first-order valence-corrected chi connectivity index (χ1v) is 9.19. The van der Waals surface area contributed by atoms with Crippen LogP contribution < -0.4 is 15.7 Å². The molecule has 2 unspecified atom stereocenters. The number of carbonyl (C=O) groups excluding carboxylic acids is 1. The van der Waals surface area contributed by atoms with Gasteiger partial charge in [0.15, 0.2) is 5.75 Å². The number of amides is 1. The highest BCUT2D eigenvalue weighted by Gasteiger charge is 2.36. The topological polar surface area (TPSA) is 73.5 Å². The van der Waals surface area contributed by atoms with E-state index in [1.807, 2.05) is 22.5 Å². The lowest BCUT2D eigenvalue weighted by molar-refractivity contribution is -0.134. The zero-order valence-electron chi connectivity index (χ0n) is 15.6. The Bertz CT molecular complexity index is 1010. The van der Waals surface area contributed by atoms with Crippen molar-refractivity contribution in [2.75, 3.05) is 20.2 Å². The molecule has 1 fully saturated rings. The molecular formula is C20H23N3O4. The van der Waals surface area contributed by atoms with Crippen molar-refractivity contribution >= 4 is 5.91 Å². The number of rotatable bonds is 3. The van der Waals surface area contributed by atoms with E-state index >= 15 is 0 Å². The van der Waals surface area contributed by atoms with Gasteiger partial charge in [0.25, 0.3) is 5.56 Å². The van der Waals surface area contributed by atoms with Crippen LogP contribution in [0.1, 0.15) is 23.7 Å². The van der Waals surface area contributed by atoms with E-state index in [4.69, 9.17) is 4.74 Å². The Kier molecular flexibility index (Phi) is 4.37. The fourth-order valence-electron chi connectivity index (χ4n) is 4.32. The lowest BCUT2D eigenvalue weighted by atomic mass is 9.83. The molecule has 142 valence electrons. The Morgan fingerprint density at radius 3 is 2.81 bits per heavy atom. The maximum absolute atomic E-state index is 12.9. The van der Waals surface area contributed by atoms with Gasteiger partial charge < -0.3 is 18.8 Å². The average Bonchev–Trinajstić information content (AvgIpc) is 2.64. The van der Waals surface area contributed by atoms with Crippen molar-refractivity contribution < 1.29 is 9.53 Å². The Morgan fingerprint density at radius 1 is 1.22 bits per heavy atom. The molecule has 7 nitrogen and oxygen atoms in total. The van der Waals surface area contributed by atoms with Crippen molar-refractivity contribution in [1.29, 1.82) is 0 Å². The molecule has 4 rings (SSSR count). The summed E-state index contributed by atoms with van der Waals surface area (Å²) in [5, 5.41) is 0. The van der Waals surface area contributed by atoms with Gasteiger partial charge in [-0.15, -0.1) is 0 Å². The van der Waals surface area contributed by atoms with Crippen LogP contribution in [0.15, 0.2) is 40.1 Å². The van der Waals surface area contributed by atoms with Gasteiger partial charge in [-0.2, -0.15) is 0 Å². The summed E-state index contributed by atoms with van der Waals surface area (Å²) in [5.74, 6) is 0.743. The molecule has 0 aromatic carbocycles. The van der Waals surface area contributed by atoms with Crippen molar-refractivity contribution in [3.8, 4) is 5.75 Å². The van der Waals surface area contributed by atoms with Crippen LogP contribution in [0.5, 0.6) is 5.75 Å². The van der Waals surface area contributed by atoms with Crippen LogP contribution in [0.25, 0.3) is 0 Å². The smallest absolute Gasteiger partial charge is 0.250 e. The Balaban J connectivity index is 1.55. The number of nitrogens with zero attached hydrogens (tertiary/aromatic N) is 3. The predicted molar refractivity (Wildman–Crippen MR) is 100 cm³/mol. The van der Waals surface area contributed by atoms with Gasteiger partial charge in [0.1, 0.15) is 6.54 Å². The van der Waals surface area contributed by atoms with Crippen molar-refractivity contribution in [3.05, 3.63) is 62.4 Å². The molecule has 0 radical (unpaired) electrons. The van der Waals surface area contributed by atoms with E-state index in [-0.39, 0.29) is 35.1 Å². The number of aryl methyl sites for hydroxylation is 1. The lowest BCUT2D eigenvalue weighted by Gasteiger charge is -2.42. The van der Waals surface area contributed by atoms with Crippen LogP contribution in [0.4, 0.5) is 0 Å². The molecule has 1 amide bonds. The summed E-state index contributed by atoms with van der Waals surface area (Å²) in [6, 6.07) is 6.87. The van der Waals surface area contributed by atoms with E-state index in [2.05, 4.69) is 0 Å². The average molecular weight is 369 g/mol. The van der Waals surface area contributed by atoms with E-state index in [1.54, 1.807) is 22.9 Å². The number of likely N-dealkylation sites (tertiary alicyclic amines) is 1. The highest BCUT2D eigenvalue weighted by Crippen LogP contribution is 2.35. The molecule has 2 aliphatic rings.